The Hall–Kier alpha value is -1.60. The van der Waals surface area contributed by atoms with Crippen molar-refractivity contribution in [2.24, 2.45) is 0 Å². The predicted molar refractivity (Wildman–Crippen MR) is 133 cm³/mol. The van der Waals surface area contributed by atoms with Crippen LogP contribution in [0.15, 0.2) is 44.6 Å². The molecule has 0 atom stereocenters. The van der Waals surface area contributed by atoms with Crippen molar-refractivity contribution in [3.8, 4) is 0 Å². The molecule has 0 aliphatic carbocycles. The van der Waals surface area contributed by atoms with E-state index in [1.165, 1.54) is 18.2 Å². The highest BCUT2D eigenvalue weighted by Crippen LogP contribution is 2.44. The van der Waals surface area contributed by atoms with Gasteiger partial charge in [-0.2, -0.15) is 26.3 Å². The van der Waals surface area contributed by atoms with Gasteiger partial charge in [0.15, 0.2) is 0 Å². The lowest BCUT2D eigenvalue weighted by Gasteiger charge is -2.21. The summed E-state index contributed by atoms with van der Waals surface area (Å²) in [6.07, 6.45) is 0. The van der Waals surface area contributed by atoms with Crippen molar-refractivity contribution in [2.45, 2.75) is 73.2 Å². The Balaban J connectivity index is 0.000000351. The Labute approximate surface area is 216 Å². The predicted octanol–water partition coefficient (Wildman–Crippen LogP) is 9.44. The molecule has 0 amide bonds. The number of anilines is 1. The molecule has 0 aliphatic heterocycles. The molecule has 0 bridgehead atoms. The van der Waals surface area contributed by atoms with Crippen LogP contribution >= 0.6 is 39.5 Å². The highest BCUT2D eigenvalue weighted by Gasteiger charge is 2.34. The molecule has 0 heterocycles. The van der Waals surface area contributed by atoms with E-state index in [0.717, 1.165) is 11.6 Å². The Morgan fingerprint density at radius 2 is 1.23 bits per heavy atom. The van der Waals surface area contributed by atoms with Crippen LogP contribution in [0.25, 0.3) is 0 Å². The average molecular weight is 607 g/mol. The normalized spacial score (nSPS) is 12.7. The van der Waals surface area contributed by atoms with Gasteiger partial charge in [-0.1, -0.05) is 47.6 Å². The lowest BCUT2D eigenvalue weighted by molar-refractivity contribution is -0.387. The zero-order chi connectivity index (χ0) is 27.6. The summed E-state index contributed by atoms with van der Waals surface area (Å²) in [6, 6.07) is 7.09. The van der Waals surface area contributed by atoms with E-state index in [0.29, 0.717) is 10.0 Å². The van der Waals surface area contributed by atoms with Gasteiger partial charge in [-0.15, -0.1) is 0 Å². The molecule has 0 unspecified atom stereocenters. The van der Waals surface area contributed by atoms with Gasteiger partial charge in [-0.05, 0) is 79.6 Å². The summed E-state index contributed by atoms with van der Waals surface area (Å²) in [5.74, 6) is 0. The van der Waals surface area contributed by atoms with Gasteiger partial charge < -0.3 is 5.73 Å². The Kier molecular flexibility index (Phi) is 10.1. The van der Waals surface area contributed by atoms with Gasteiger partial charge >= 0.3 is 11.0 Å². The Bertz CT molecular complexity index is 1060. The van der Waals surface area contributed by atoms with E-state index in [1.807, 2.05) is 41.5 Å². The lowest BCUT2D eigenvalue weighted by Crippen LogP contribution is -2.12. The van der Waals surface area contributed by atoms with E-state index in [1.54, 1.807) is 6.07 Å². The number of hydrogen-bond donors (Lipinski definition) is 1. The number of nitro groups is 1. The first-order valence-corrected chi connectivity index (χ1v) is 12.3. The fourth-order valence-corrected chi connectivity index (χ4v) is 4.50. The van der Waals surface area contributed by atoms with Crippen LogP contribution in [0.5, 0.6) is 0 Å². The molecule has 2 aromatic carbocycles. The van der Waals surface area contributed by atoms with Gasteiger partial charge in [0, 0.05) is 15.4 Å². The van der Waals surface area contributed by atoms with Crippen LogP contribution in [0.2, 0.25) is 0 Å². The van der Waals surface area contributed by atoms with Gasteiger partial charge in [0.2, 0.25) is 0 Å². The average Bonchev–Trinajstić information content (AvgIpc) is 2.61. The van der Waals surface area contributed by atoms with Crippen molar-refractivity contribution in [3.05, 3.63) is 56.0 Å². The van der Waals surface area contributed by atoms with Gasteiger partial charge in [0.05, 0.1) is 15.5 Å². The molecule has 0 aromatic heterocycles. The third kappa shape index (κ3) is 10.5. The van der Waals surface area contributed by atoms with Crippen LogP contribution in [-0.2, 0) is 10.8 Å². The van der Waals surface area contributed by atoms with Crippen molar-refractivity contribution in [2.75, 3.05) is 5.73 Å². The lowest BCUT2D eigenvalue weighted by atomic mass is 9.87. The molecular formula is C22H25BrF6N2O2S2. The van der Waals surface area contributed by atoms with Crippen molar-refractivity contribution in [1.29, 1.82) is 0 Å². The monoisotopic (exact) mass is 606 g/mol. The van der Waals surface area contributed by atoms with Crippen LogP contribution in [0.3, 0.4) is 0 Å². The molecule has 0 aliphatic rings. The number of nitrogens with zero attached hydrogens (tertiary/aromatic N) is 1. The summed E-state index contributed by atoms with van der Waals surface area (Å²) in [7, 11) is 0. The van der Waals surface area contributed by atoms with Gasteiger partial charge in [0.1, 0.15) is 0 Å². The minimum Gasteiger partial charge on any atom is -0.397 e. The Morgan fingerprint density at radius 3 is 1.63 bits per heavy atom. The first-order valence-electron chi connectivity index (χ1n) is 9.91. The van der Waals surface area contributed by atoms with E-state index < -0.39 is 33.4 Å². The van der Waals surface area contributed by atoms with Crippen molar-refractivity contribution >= 4 is 50.8 Å². The molecule has 2 aromatic rings. The number of nitrogen functional groups attached to an aromatic ring is 1. The van der Waals surface area contributed by atoms with Crippen LogP contribution in [0.4, 0.5) is 37.7 Å². The number of hydrogen-bond acceptors (Lipinski definition) is 5. The third-order valence-corrected chi connectivity index (χ3v) is 6.66. The zero-order valence-corrected chi connectivity index (χ0v) is 22.9. The van der Waals surface area contributed by atoms with E-state index in [4.69, 9.17) is 5.73 Å². The van der Waals surface area contributed by atoms with Crippen molar-refractivity contribution < 1.29 is 31.3 Å². The summed E-state index contributed by atoms with van der Waals surface area (Å²) in [4.78, 5) is 9.55. The largest absolute Gasteiger partial charge is 0.446 e. The van der Waals surface area contributed by atoms with E-state index in [-0.39, 0.29) is 38.1 Å². The van der Waals surface area contributed by atoms with E-state index in [2.05, 4.69) is 15.9 Å². The fraction of sp³-hybridized carbons (Fsp3) is 0.455. The number of nitrogens with two attached hydrogens (primary N) is 1. The molecule has 0 saturated heterocycles. The maximum absolute atomic E-state index is 12.4. The first kappa shape index (κ1) is 31.4. The number of thioether (sulfide) groups is 2. The van der Waals surface area contributed by atoms with E-state index in [9.17, 15) is 36.5 Å². The highest BCUT2D eigenvalue weighted by atomic mass is 79.9. The summed E-state index contributed by atoms with van der Waals surface area (Å²) in [5, 5.41) is 10.7. The van der Waals surface area contributed by atoms with Crippen molar-refractivity contribution in [1.82, 2.24) is 0 Å². The van der Waals surface area contributed by atoms with Gasteiger partial charge in [0.25, 0.3) is 5.69 Å². The summed E-state index contributed by atoms with van der Waals surface area (Å²) >= 11 is 2.55. The number of halogens is 7. The highest BCUT2D eigenvalue weighted by molar-refractivity contribution is 9.10. The van der Waals surface area contributed by atoms with Crippen LogP contribution in [0.1, 0.15) is 52.7 Å². The number of alkyl halides is 6. The second kappa shape index (κ2) is 11.2. The van der Waals surface area contributed by atoms with Crippen LogP contribution < -0.4 is 5.73 Å². The minimum atomic E-state index is -4.54. The molecule has 0 spiro atoms. The second-order valence-electron chi connectivity index (χ2n) is 9.41. The number of rotatable bonds is 3. The van der Waals surface area contributed by atoms with Crippen LogP contribution in [0, 0.1) is 10.1 Å². The molecule has 196 valence electrons. The molecule has 0 fully saturated rings. The smallest absolute Gasteiger partial charge is 0.397 e. The SMILES string of the molecule is CC(C)(C)c1cc(Br)c(N)c(SC(F)(F)F)c1.CC(C)(C)c1ccc([N+](=O)[O-])c(SC(F)(F)F)c1. The molecule has 0 radical (unpaired) electrons. The molecule has 0 saturated carbocycles. The first-order chi connectivity index (χ1) is 15.5. The van der Waals surface area contributed by atoms with Gasteiger partial charge in [-0.25, -0.2) is 0 Å². The number of benzene rings is 2. The number of nitro benzene ring substituents is 1. The second-order valence-corrected chi connectivity index (χ2v) is 12.5. The standard InChI is InChI=1S/C11H13BrF3NS.C11H12F3NO2S/c1-10(2,3)6-4-7(12)9(16)8(5-6)17-11(13,14)15;1-10(2,3)7-4-5-8(15(16)17)9(6-7)18-11(12,13)14/h4-5H,16H2,1-3H3;4-6H,1-3H3. The molecule has 2 N–H and O–H groups in total. The maximum Gasteiger partial charge on any atom is 0.446 e. The fourth-order valence-electron chi connectivity index (χ4n) is 2.57. The topological polar surface area (TPSA) is 69.2 Å². The third-order valence-electron chi connectivity index (χ3n) is 4.43. The minimum absolute atomic E-state index is 0.0387. The molecule has 35 heavy (non-hydrogen) atoms. The summed E-state index contributed by atoms with van der Waals surface area (Å²) in [5.41, 5.74) is -2.79. The zero-order valence-electron chi connectivity index (χ0n) is 19.7. The molecule has 4 nitrogen and oxygen atoms in total. The van der Waals surface area contributed by atoms with Crippen molar-refractivity contribution in [3.63, 3.8) is 0 Å². The summed E-state index contributed by atoms with van der Waals surface area (Å²) < 4.78 is 74.7. The molecule has 13 heteroatoms. The quantitative estimate of drug-likeness (QED) is 0.124. The van der Waals surface area contributed by atoms with Gasteiger partial charge in [-0.3, -0.25) is 10.1 Å². The summed E-state index contributed by atoms with van der Waals surface area (Å²) in [6.45, 7) is 11.3. The Morgan fingerprint density at radius 1 is 0.800 bits per heavy atom. The molecule has 2 rings (SSSR count). The van der Waals surface area contributed by atoms with E-state index >= 15 is 0 Å². The maximum atomic E-state index is 12.4. The molecular weight excluding hydrogens is 582 g/mol. The van der Waals surface area contributed by atoms with Crippen LogP contribution in [-0.4, -0.2) is 15.9 Å².